The van der Waals surface area contributed by atoms with Gasteiger partial charge in [-0.3, -0.25) is 4.79 Å². The van der Waals surface area contributed by atoms with Crippen molar-refractivity contribution in [2.24, 2.45) is 5.73 Å². The molecule has 0 saturated heterocycles. The zero-order chi connectivity index (χ0) is 12.1. The highest BCUT2D eigenvalue weighted by atomic mass is 79.9. The molecule has 3 nitrogen and oxygen atoms in total. The Bertz CT molecular complexity index is 379. The number of rotatable bonds is 4. The first-order chi connectivity index (χ1) is 7.54. The minimum atomic E-state index is -0.309. The first-order valence-corrected chi connectivity index (χ1v) is 6.01. The van der Waals surface area contributed by atoms with Crippen LogP contribution in [0, 0.1) is 6.92 Å². The highest BCUT2D eigenvalue weighted by molar-refractivity contribution is 9.10. The van der Waals surface area contributed by atoms with E-state index >= 15 is 0 Å². The number of esters is 1. The summed E-state index contributed by atoms with van der Waals surface area (Å²) in [6.45, 7) is 4.16. The van der Waals surface area contributed by atoms with Crippen molar-refractivity contribution in [3.05, 3.63) is 33.8 Å². The molecule has 0 fully saturated rings. The molecule has 0 unspecified atom stereocenters. The maximum absolute atomic E-state index is 11.3. The van der Waals surface area contributed by atoms with Crippen LogP contribution in [-0.4, -0.2) is 12.6 Å². The molecular formula is C12H16BrNO2. The molecule has 0 aromatic heterocycles. The molecule has 0 aliphatic heterocycles. The van der Waals surface area contributed by atoms with Gasteiger partial charge in [-0.1, -0.05) is 22.0 Å². The fourth-order valence-corrected chi connectivity index (χ4v) is 1.90. The van der Waals surface area contributed by atoms with Gasteiger partial charge in [0.15, 0.2) is 0 Å². The summed E-state index contributed by atoms with van der Waals surface area (Å²) >= 11 is 3.39. The van der Waals surface area contributed by atoms with E-state index in [-0.39, 0.29) is 18.4 Å². The molecule has 0 heterocycles. The second-order valence-electron chi connectivity index (χ2n) is 3.62. The van der Waals surface area contributed by atoms with Crippen LogP contribution >= 0.6 is 15.9 Å². The standard InChI is InChI=1S/C12H16BrNO2/c1-3-16-12(15)7-11(14)10-6-9(13)5-4-8(10)2/h4-6,11H,3,7,14H2,1-2H3/t11-/m1/s1. The van der Waals surface area contributed by atoms with Crippen LogP contribution in [0.4, 0.5) is 0 Å². The average molecular weight is 286 g/mol. The van der Waals surface area contributed by atoms with Gasteiger partial charge >= 0.3 is 5.97 Å². The smallest absolute Gasteiger partial charge is 0.307 e. The van der Waals surface area contributed by atoms with Crippen molar-refractivity contribution in [2.45, 2.75) is 26.3 Å². The van der Waals surface area contributed by atoms with Crippen molar-refractivity contribution in [1.82, 2.24) is 0 Å². The van der Waals surface area contributed by atoms with E-state index in [1.807, 2.05) is 25.1 Å². The number of benzene rings is 1. The second-order valence-corrected chi connectivity index (χ2v) is 4.53. The molecule has 0 aliphatic rings. The summed E-state index contributed by atoms with van der Waals surface area (Å²) in [6.07, 6.45) is 0.213. The summed E-state index contributed by atoms with van der Waals surface area (Å²) < 4.78 is 5.84. The van der Waals surface area contributed by atoms with Crippen LogP contribution in [-0.2, 0) is 9.53 Å². The number of hydrogen-bond donors (Lipinski definition) is 1. The Kier molecular flexibility index (Phi) is 4.96. The molecule has 0 saturated carbocycles. The second kappa shape index (κ2) is 6.01. The van der Waals surface area contributed by atoms with Crippen molar-refractivity contribution in [3.8, 4) is 0 Å². The monoisotopic (exact) mass is 285 g/mol. The summed E-state index contributed by atoms with van der Waals surface area (Å²) in [7, 11) is 0. The number of aryl methyl sites for hydroxylation is 1. The van der Waals surface area contributed by atoms with Crippen molar-refractivity contribution >= 4 is 21.9 Å². The lowest BCUT2D eigenvalue weighted by Crippen LogP contribution is -2.18. The van der Waals surface area contributed by atoms with Gasteiger partial charge in [0.25, 0.3) is 0 Å². The Morgan fingerprint density at radius 1 is 1.56 bits per heavy atom. The maximum Gasteiger partial charge on any atom is 0.307 e. The highest BCUT2D eigenvalue weighted by Gasteiger charge is 2.14. The van der Waals surface area contributed by atoms with Crippen LogP contribution in [0.2, 0.25) is 0 Å². The van der Waals surface area contributed by atoms with Gasteiger partial charge in [-0.05, 0) is 37.1 Å². The number of carbonyl (C=O) groups excluding carboxylic acids is 1. The van der Waals surface area contributed by atoms with E-state index in [0.29, 0.717) is 6.61 Å². The van der Waals surface area contributed by atoms with Crippen LogP contribution in [0.5, 0.6) is 0 Å². The van der Waals surface area contributed by atoms with Crippen molar-refractivity contribution in [2.75, 3.05) is 6.61 Å². The first-order valence-electron chi connectivity index (χ1n) is 5.21. The minimum absolute atomic E-state index is 0.213. The number of hydrogen-bond acceptors (Lipinski definition) is 3. The Labute approximate surface area is 104 Å². The molecule has 1 aromatic carbocycles. The predicted octanol–water partition coefficient (Wildman–Crippen LogP) is 2.71. The van der Waals surface area contributed by atoms with Crippen LogP contribution in [0.3, 0.4) is 0 Å². The summed E-state index contributed by atoms with van der Waals surface area (Å²) in [5.41, 5.74) is 8.03. The van der Waals surface area contributed by atoms with E-state index in [1.54, 1.807) is 6.92 Å². The summed E-state index contributed by atoms with van der Waals surface area (Å²) in [5.74, 6) is -0.255. The molecule has 0 bridgehead atoms. The highest BCUT2D eigenvalue weighted by Crippen LogP contribution is 2.23. The number of halogens is 1. The molecule has 0 aliphatic carbocycles. The maximum atomic E-state index is 11.3. The van der Waals surface area contributed by atoms with E-state index in [0.717, 1.165) is 15.6 Å². The van der Waals surface area contributed by atoms with E-state index in [1.165, 1.54) is 0 Å². The zero-order valence-electron chi connectivity index (χ0n) is 9.50. The Morgan fingerprint density at radius 2 is 2.25 bits per heavy atom. The zero-order valence-corrected chi connectivity index (χ0v) is 11.1. The molecule has 1 atom stereocenters. The van der Waals surface area contributed by atoms with E-state index in [9.17, 15) is 4.79 Å². The average Bonchev–Trinajstić information content (AvgIpc) is 2.21. The Morgan fingerprint density at radius 3 is 2.88 bits per heavy atom. The number of ether oxygens (including phenoxy) is 1. The Hall–Kier alpha value is -0.870. The fourth-order valence-electron chi connectivity index (χ4n) is 1.52. The van der Waals surface area contributed by atoms with Crippen LogP contribution in [0.15, 0.2) is 22.7 Å². The third-order valence-electron chi connectivity index (χ3n) is 2.33. The van der Waals surface area contributed by atoms with Crippen LogP contribution in [0.25, 0.3) is 0 Å². The number of carbonyl (C=O) groups is 1. The quantitative estimate of drug-likeness (QED) is 0.866. The molecule has 0 amide bonds. The minimum Gasteiger partial charge on any atom is -0.466 e. The lowest BCUT2D eigenvalue weighted by Gasteiger charge is -2.14. The van der Waals surface area contributed by atoms with Crippen LogP contribution in [0.1, 0.15) is 30.5 Å². The van der Waals surface area contributed by atoms with Gasteiger partial charge in [0.1, 0.15) is 0 Å². The van der Waals surface area contributed by atoms with Crippen molar-refractivity contribution in [3.63, 3.8) is 0 Å². The molecular weight excluding hydrogens is 270 g/mol. The summed E-state index contributed by atoms with van der Waals surface area (Å²) in [5, 5.41) is 0. The Balaban J connectivity index is 2.76. The molecule has 4 heteroatoms. The predicted molar refractivity (Wildman–Crippen MR) is 67.1 cm³/mol. The fraction of sp³-hybridized carbons (Fsp3) is 0.417. The molecule has 16 heavy (non-hydrogen) atoms. The van der Waals surface area contributed by atoms with Gasteiger partial charge in [-0.25, -0.2) is 0 Å². The SMILES string of the molecule is CCOC(=O)C[C@@H](N)c1cc(Br)ccc1C. The summed E-state index contributed by atoms with van der Waals surface area (Å²) in [6, 6.07) is 5.57. The molecule has 0 spiro atoms. The molecule has 1 aromatic rings. The topological polar surface area (TPSA) is 52.3 Å². The molecule has 2 N–H and O–H groups in total. The number of nitrogens with two attached hydrogens (primary N) is 1. The normalized spacial score (nSPS) is 12.2. The molecule has 88 valence electrons. The molecule has 0 radical (unpaired) electrons. The van der Waals surface area contributed by atoms with Crippen molar-refractivity contribution in [1.29, 1.82) is 0 Å². The van der Waals surface area contributed by atoms with Gasteiger partial charge in [0.2, 0.25) is 0 Å². The van der Waals surface area contributed by atoms with E-state index in [4.69, 9.17) is 10.5 Å². The largest absolute Gasteiger partial charge is 0.466 e. The summed E-state index contributed by atoms with van der Waals surface area (Å²) in [4.78, 5) is 11.3. The van der Waals surface area contributed by atoms with E-state index < -0.39 is 0 Å². The van der Waals surface area contributed by atoms with E-state index in [2.05, 4.69) is 15.9 Å². The van der Waals surface area contributed by atoms with Gasteiger partial charge in [0.05, 0.1) is 13.0 Å². The third kappa shape index (κ3) is 3.61. The van der Waals surface area contributed by atoms with Gasteiger partial charge < -0.3 is 10.5 Å². The van der Waals surface area contributed by atoms with Crippen molar-refractivity contribution < 1.29 is 9.53 Å². The van der Waals surface area contributed by atoms with Crippen LogP contribution < -0.4 is 5.73 Å². The van der Waals surface area contributed by atoms with Gasteiger partial charge in [-0.2, -0.15) is 0 Å². The van der Waals surface area contributed by atoms with Gasteiger partial charge in [0, 0.05) is 10.5 Å². The molecule has 1 rings (SSSR count). The lowest BCUT2D eigenvalue weighted by molar-refractivity contribution is -0.143. The first kappa shape index (κ1) is 13.2. The lowest BCUT2D eigenvalue weighted by atomic mass is 10.00. The third-order valence-corrected chi connectivity index (χ3v) is 2.83. The van der Waals surface area contributed by atoms with Gasteiger partial charge in [-0.15, -0.1) is 0 Å².